The van der Waals surface area contributed by atoms with E-state index in [1.807, 2.05) is 20.8 Å². The van der Waals surface area contributed by atoms with Crippen molar-refractivity contribution >= 4 is 5.91 Å². The molecule has 0 spiro atoms. The van der Waals surface area contributed by atoms with Crippen molar-refractivity contribution in [3.05, 3.63) is 0 Å². The topological polar surface area (TPSA) is 49.3 Å². The maximum Gasteiger partial charge on any atom is 0.220 e. The molecule has 1 amide bonds. The van der Waals surface area contributed by atoms with Crippen molar-refractivity contribution < 1.29 is 9.90 Å². The zero-order valence-electron chi connectivity index (χ0n) is 9.55. The Hall–Kier alpha value is -0.570. The van der Waals surface area contributed by atoms with Gasteiger partial charge in [-0.25, -0.2) is 0 Å². The van der Waals surface area contributed by atoms with Gasteiger partial charge in [0.1, 0.15) is 0 Å². The van der Waals surface area contributed by atoms with Gasteiger partial charge in [0.2, 0.25) is 5.91 Å². The van der Waals surface area contributed by atoms with Crippen LogP contribution in [0.4, 0.5) is 0 Å². The summed E-state index contributed by atoms with van der Waals surface area (Å²) in [5.74, 6) is 0.0425. The first-order chi connectivity index (χ1) is 6.74. The van der Waals surface area contributed by atoms with E-state index in [9.17, 15) is 9.90 Å². The van der Waals surface area contributed by atoms with E-state index in [4.69, 9.17) is 0 Å². The third-order valence-electron chi connectivity index (χ3n) is 2.40. The fraction of sp³-hybridized carbons (Fsp3) is 0.909. The van der Waals surface area contributed by atoms with Gasteiger partial charge < -0.3 is 10.4 Å². The van der Waals surface area contributed by atoms with Gasteiger partial charge in [-0.15, -0.1) is 0 Å². The van der Waals surface area contributed by atoms with Gasteiger partial charge in [-0.2, -0.15) is 0 Å². The van der Waals surface area contributed by atoms with Crippen molar-refractivity contribution in [2.75, 3.05) is 0 Å². The van der Waals surface area contributed by atoms with Crippen molar-refractivity contribution in [3.8, 4) is 0 Å². The standard InChI is InChI=1S/C9H17NO2.C2H6/c1-2-9(12)10-7-5-3-4-6-8(7)11;1-2/h7-8,11H,2-6H2,1H3,(H,10,12);1-2H3. The van der Waals surface area contributed by atoms with Crippen LogP contribution in [-0.2, 0) is 4.79 Å². The highest BCUT2D eigenvalue weighted by Crippen LogP contribution is 2.18. The SMILES string of the molecule is CC.CCC(=O)NC1CCCCC1O. The lowest BCUT2D eigenvalue weighted by Crippen LogP contribution is -2.44. The molecule has 0 aromatic carbocycles. The van der Waals surface area contributed by atoms with Crippen LogP contribution in [0.2, 0.25) is 0 Å². The average Bonchev–Trinajstić information content (AvgIpc) is 2.24. The lowest BCUT2D eigenvalue weighted by molar-refractivity contribution is -0.122. The maximum absolute atomic E-state index is 11.0. The van der Waals surface area contributed by atoms with E-state index in [-0.39, 0.29) is 18.1 Å². The molecule has 2 atom stereocenters. The highest BCUT2D eigenvalue weighted by Gasteiger charge is 2.23. The minimum absolute atomic E-state index is 0.00574. The van der Waals surface area contributed by atoms with Gasteiger partial charge in [0.15, 0.2) is 0 Å². The van der Waals surface area contributed by atoms with Crippen LogP contribution in [0.15, 0.2) is 0 Å². The number of aliphatic hydroxyl groups excluding tert-OH is 1. The minimum atomic E-state index is -0.325. The van der Waals surface area contributed by atoms with Crippen LogP contribution in [0.1, 0.15) is 52.9 Å². The van der Waals surface area contributed by atoms with E-state index < -0.39 is 0 Å². The van der Waals surface area contributed by atoms with Gasteiger partial charge in [-0.3, -0.25) is 4.79 Å². The van der Waals surface area contributed by atoms with E-state index in [0.717, 1.165) is 25.7 Å². The quantitative estimate of drug-likeness (QED) is 0.716. The fourth-order valence-electron chi connectivity index (χ4n) is 1.59. The van der Waals surface area contributed by atoms with Gasteiger partial charge in [-0.1, -0.05) is 33.6 Å². The Balaban J connectivity index is 0.000000791. The Morgan fingerprint density at radius 3 is 2.43 bits per heavy atom. The third-order valence-corrected chi connectivity index (χ3v) is 2.40. The van der Waals surface area contributed by atoms with Crippen LogP contribution in [0, 0.1) is 0 Å². The molecule has 3 nitrogen and oxygen atoms in total. The molecule has 0 aromatic heterocycles. The Labute approximate surface area is 86.9 Å². The molecule has 1 rings (SSSR count). The first-order valence-electron chi connectivity index (χ1n) is 5.71. The number of carbonyl (C=O) groups is 1. The van der Waals surface area contributed by atoms with Crippen molar-refractivity contribution in [3.63, 3.8) is 0 Å². The molecule has 0 bridgehead atoms. The predicted octanol–water partition coefficient (Wildman–Crippen LogP) is 1.84. The second kappa shape index (κ2) is 7.80. The molecule has 3 heteroatoms. The summed E-state index contributed by atoms with van der Waals surface area (Å²) in [6.45, 7) is 5.82. The molecular formula is C11H23NO2. The van der Waals surface area contributed by atoms with Gasteiger partial charge in [0.25, 0.3) is 0 Å². The van der Waals surface area contributed by atoms with Crippen molar-refractivity contribution in [1.82, 2.24) is 5.32 Å². The highest BCUT2D eigenvalue weighted by atomic mass is 16.3. The number of rotatable bonds is 2. The zero-order valence-corrected chi connectivity index (χ0v) is 9.55. The second-order valence-corrected chi connectivity index (χ2v) is 3.38. The largest absolute Gasteiger partial charge is 0.391 e. The van der Waals surface area contributed by atoms with Crippen LogP contribution in [0.25, 0.3) is 0 Å². The second-order valence-electron chi connectivity index (χ2n) is 3.38. The molecule has 0 saturated heterocycles. The predicted molar refractivity (Wildman–Crippen MR) is 58.0 cm³/mol. The number of aliphatic hydroxyl groups is 1. The summed E-state index contributed by atoms with van der Waals surface area (Å²) in [5, 5.41) is 12.3. The molecule has 2 N–H and O–H groups in total. The molecule has 1 fully saturated rings. The van der Waals surface area contributed by atoms with Crippen molar-refractivity contribution in [1.29, 1.82) is 0 Å². The van der Waals surface area contributed by atoms with E-state index in [0.29, 0.717) is 6.42 Å². The summed E-state index contributed by atoms with van der Waals surface area (Å²) in [7, 11) is 0. The number of hydrogen-bond acceptors (Lipinski definition) is 2. The smallest absolute Gasteiger partial charge is 0.220 e. The van der Waals surface area contributed by atoms with Crippen LogP contribution in [0.3, 0.4) is 0 Å². The third kappa shape index (κ3) is 4.61. The van der Waals surface area contributed by atoms with Crippen LogP contribution < -0.4 is 5.32 Å². The molecule has 0 radical (unpaired) electrons. The van der Waals surface area contributed by atoms with E-state index >= 15 is 0 Å². The molecule has 1 saturated carbocycles. The summed E-state index contributed by atoms with van der Waals surface area (Å²) in [6, 6.07) is 0.00574. The van der Waals surface area contributed by atoms with E-state index in [1.54, 1.807) is 0 Å². The lowest BCUT2D eigenvalue weighted by atomic mass is 9.92. The van der Waals surface area contributed by atoms with Gasteiger partial charge in [-0.05, 0) is 12.8 Å². The van der Waals surface area contributed by atoms with Gasteiger partial charge >= 0.3 is 0 Å². The Kier molecular flexibility index (Phi) is 7.48. The van der Waals surface area contributed by atoms with Crippen LogP contribution in [-0.4, -0.2) is 23.2 Å². The summed E-state index contributed by atoms with van der Waals surface area (Å²) in [5.41, 5.74) is 0. The minimum Gasteiger partial charge on any atom is -0.391 e. The maximum atomic E-state index is 11.0. The zero-order chi connectivity index (χ0) is 11.0. The number of amides is 1. The summed E-state index contributed by atoms with van der Waals surface area (Å²) in [4.78, 5) is 11.0. The summed E-state index contributed by atoms with van der Waals surface area (Å²) < 4.78 is 0. The normalized spacial score (nSPS) is 26.0. The molecule has 1 aliphatic rings. The fourth-order valence-corrected chi connectivity index (χ4v) is 1.59. The molecule has 14 heavy (non-hydrogen) atoms. The Morgan fingerprint density at radius 2 is 1.93 bits per heavy atom. The summed E-state index contributed by atoms with van der Waals surface area (Å²) >= 11 is 0. The Bertz CT molecular complexity index is 159. The van der Waals surface area contributed by atoms with Gasteiger partial charge in [0, 0.05) is 6.42 Å². The van der Waals surface area contributed by atoms with Crippen molar-refractivity contribution in [2.45, 2.75) is 65.0 Å². The average molecular weight is 201 g/mol. The first kappa shape index (κ1) is 13.4. The van der Waals surface area contributed by atoms with Gasteiger partial charge in [0.05, 0.1) is 12.1 Å². The Morgan fingerprint density at radius 1 is 1.36 bits per heavy atom. The molecule has 84 valence electrons. The molecular weight excluding hydrogens is 178 g/mol. The molecule has 2 unspecified atom stereocenters. The van der Waals surface area contributed by atoms with E-state index in [2.05, 4.69) is 5.32 Å². The summed E-state index contributed by atoms with van der Waals surface area (Å²) in [6.07, 6.45) is 4.13. The number of hydrogen-bond donors (Lipinski definition) is 2. The van der Waals surface area contributed by atoms with Crippen molar-refractivity contribution in [2.24, 2.45) is 0 Å². The number of nitrogens with one attached hydrogen (secondary N) is 1. The molecule has 0 aliphatic heterocycles. The first-order valence-corrected chi connectivity index (χ1v) is 5.71. The monoisotopic (exact) mass is 201 g/mol. The van der Waals surface area contributed by atoms with Crippen LogP contribution in [0.5, 0.6) is 0 Å². The lowest BCUT2D eigenvalue weighted by Gasteiger charge is -2.28. The van der Waals surface area contributed by atoms with Crippen LogP contribution >= 0.6 is 0 Å². The molecule has 0 heterocycles. The molecule has 0 aromatic rings. The van der Waals surface area contributed by atoms with E-state index in [1.165, 1.54) is 0 Å². The number of carbonyl (C=O) groups excluding carboxylic acids is 1. The highest BCUT2D eigenvalue weighted by molar-refractivity contribution is 5.75. The molecule has 1 aliphatic carbocycles.